The number of thioether (sulfide) groups is 1. The van der Waals surface area contributed by atoms with Crippen molar-refractivity contribution in [2.24, 2.45) is 0 Å². The van der Waals surface area contributed by atoms with E-state index in [2.05, 4.69) is 40.9 Å². The van der Waals surface area contributed by atoms with Crippen molar-refractivity contribution in [3.05, 3.63) is 67.0 Å². The SMILES string of the molecule is CCSc1nn(-c2ccccc2)c[n+]1-c1ccccc1. The van der Waals surface area contributed by atoms with E-state index in [4.69, 9.17) is 0 Å². The van der Waals surface area contributed by atoms with Crippen molar-refractivity contribution in [2.45, 2.75) is 12.1 Å². The molecule has 2 aromatic carbocycles. The zero-order valence-electron chi connectivity index (χ0n) is 11.3. The summed E-state index contributed by atoms with van der Waals surface area (Å²) in [7, 11) is 0. The van der Waals surface area contributed by atoms with E-state index in [-0.39, 0.29) is 0 Å². The highest BCUT2D eigenvalue weighted by Crippen LogP contribution is 2.14. The Balaban J connectivity index is 2.08. The molecule has 3 aromatic rings. The Labute approximate surface area is 122 Å². The second-order valence-corrected chi connectivity index (χ2v) is 5.55. The van der Waals surface area contributed by atoms with Crippen molar-refractivity contribution < 1.29 is 4.57 Å². The molecule has 0 saturated heterocycles. The molecule has 1 aromatic heterocycles. The molecule has 0 N–H and O–H groups in total. The average molecular weight is 282 g/mol. The topological polar surface area (TPSA) is 21.7 Å². The van der Waals surface area contributed by atoms with Gasteiger partial charge in [0.25, 0.3) is 0 Å². The molecule has 0 saturated carbocycles. The molecule has 0 spiro atoms. The van der Waals surface area contributed by atoms with Crippen LogP contribution in [-0.2, 0) is 0 Å². The van der Waals surface area contributed by atoms with Gasteiger partial charge in [0.15, 0.2) is 0 Å². The van der Waals surface area contributed by atoms with E-state index in [9.17, 15) is 0 Å². The largest absolute Gasteiger partial charge is 0.342 e. The second kappa shape index (κ2) is 5.92. The van der Waals surface area contributed by atoms with Crippen LogP contribution in [0.1, 0.15) is 6.92 Å². The molecular formula is C16H16N3S+. The molecule has 3 rings (SSSR count). The minimum absolute atomic E-state index is 0.999. The lowest BCUT2D eigenvalue weighted by Gasteiger charge is -1.97. The Kier molecular flexibility index (Phi) is 3.83. The molecule has 4 heteroatoms. The summed E-state index contributed by atoms with van der Waals surface area (Å²) in [5.74, 6) is 0.999. The van der Waals surface area contributed by atoms with E-state index in [0.717, 1.165) is 22.3 Å². The summed E-state index contributed by atoms with van der Waals surface area (Å²) in [6, 6.07) is 20.5. The van der Waals surface area contributed by atoms with E-state index >= 15 is 0 Å². The molecule has 0 aliphatic heterocycles. The summed E-state index contributed by atoms with van der Waals surface area (Å²) in [4.78, 5) is 0. The molecule has 0 aliphatic carbocycles. The monoisotopic (exact) mass is 282 g/mol. The van der Waals surface area contributed by atoms with Crippen LogP contribution in [0.15, 0.2) is 72.1 Å². The third kappa shape index (κ3) is 2.60. The molecule has 1 heterocycles. The summed E-state index contributed by atoms with van der Waals surface area (Å²) in [6.07, 6.45) is 2.03. The van der Waals surface area contributed by atoms with Gasteiger partial charge < -0.3 is 0 Å². The van der Waals surface area contributed by atoms with Gasteiger partial charge in [0.1, 0.15) is 11.4 Å². The second-order valence-electron chi connectivity index (χ2n) is 4.32. The lowest BCUT2D eigenvalue weighted by atomic mass is 10.3. The highest BCUT2D eigenvalue weighted by molar-refractivity contribution is 7.99. The summed E-state index contributed by atoms with van der Waals surface area (Å²) < 4.78 is 4.05. The van der Waals surface area contributed by atoms with E-state index in [1.54, 1.807) is 11.8 Å². The van der Waals surface area contributed by atoms with Crippen LogP contribution in [0.3, 0.4) is 0 Å². The predicted molar refractivity (Wildman–Crippen MR) is 81.5 cm³/mol. The first-order chi connectivity index (χ1) is 9.88. The van der Waals surface area contributed by atoms with Crippen LogP contribution in [0.2, 0.25) is 0 Å². The highest BCUT2D eigenvalue weighted by atomic mass is 32.2. The average Bonchev–Trinajstić information content (AvgIpc) is 2.94. The maximum absolute atomic E-state index is 4.69. The number of hydrogen-bond acceptors (Lipinski definition) is 2. The fraction of sp³-hybridized carbons (Fsp3) is 0.125. The van der Waals surface area contributed by atoms with Gasteiger partial charge in [-0.25, -0.2) is 0 Å². The summed E-state index contributed by atoms with van der Waals surface area (Å²) in [5.41, 5.74) is 2.20. The van der Waals surface area contributed by atoms with Crippen molar-refractivity contribution in [1.29, 1.82) is 0 Å². The number of rotatable bonds is 4. The van der Waals surface area contributed by atoms with Crippen LogP contribution in [-0.4, -0.2) is 15.5 Å². The zero-order valence-corrected chi connectivity index (χ0v) is 12.1. The molecule has 0 amide bonds. The van der Waals surface area contributed by atoms with Gasteiger partial charge in [-0.15, -0.1) is 0 Å². The van der Waals surface area contributed by atoms with Crippen LogP contribution in [0.25, 0.3) is 11.4 Å². The summed E-state index contributed by atoms with van der Waals surface area (Å²) in [5, 5.41) is 5.69. The number of hydrogen-bond donors (Lipinski definition) is 0. The Bertz CT molecular complexity index is 677. The van der Waals surface area contributed by atoms with Gasteiger partial charge in [0.2, 0.25) is 6.33 Å². The molecule has 20 heavy (non-hydrogen) atoms. The fourth-order valence-corrected chi connectivity index (χ4v) is 2.72. The van der Waals surface area contributed by atoms with Crippen LogP contribution in [0, 0.1) is 0 Å². The Morgan fingerprint density at radius 3 is 2.30 bits per heavy atom. The van der Waals surface area contributed by atoms with Gasteiger partial charge in [-0.1, -0.05) is 48.0 Å². The van der Waals surface area contributed by atoms with Gasteiger partial charge in [0.05, 0.1) is 5.10 Å². The molecule has 100 valence electrons. The number of nitrogens with zero attached hydrogens (tertiary/aromatic N) is 3. The van der Waals surface area contributed by atoms with Gasteiger partial charge in [-0.3, -0.25) is 0 Å². The van der Waals surface area contributed by atoms with E-state index in [1.807, 2.05) is 47.4 Å². The first-order valence-electron chi connectivity index (χ1n) is 6.63. The summed E-state index contributed by atoms with van der Waals surface area (Å²) in [6.45, 7) is 2.14. The first kappa shape index (κ1) is 12.9. The Morgan fingerprint density at radius 2 is 1.65 bits per heavy atom. The van der Waals surface area contributed by atoms with Crippen molar-refractivity contribution in [1.82, 2.24) is 9.78 Å². The number of aromatic nitrogens is 3. The molecular weight excluding hydrogens is 266 g/mol. The first-order valence-corrected chi connectivity index (χ1v) is 7.62. The maximum Gasteiger partial charge on any atom is 0.342 e. The minimum Gasteiger partial charge on any atom is -0.191 e. The predicted octanol–water partition coefficient (Wildman–Crippen LogP) is 3.26. The quantitative estimate of drug-likeness (QED) is 0.541. The third-order valence-electron chi connectivity index (χ3n) is 2.95. The van der Waals surface area contributed by atoms with Crippen LogP contribution < -0.4 is 4.57 Å². The molecule has 0 fully saturated rings. The lowest BCUT2D eigenvalue weighted by Crippen LogP contribution is -2.30. The van der Waals surface area contributed by atoms with Crippen molar-refractivity contribution in [3.63, 3.8) is 0 Å². The zero-order chi connectivity index (χ0) is 13.8. The fourth-order valence-electron chi connectivity index (χ4n) is 2.02. The van der Waals surface area contributed by atoms with Gasteiger partial charge >= 0.3 is 5.16 Å². The minimum atomic E-state index is 0.999. The van der Waals surface area contributed by atoms with Gasteiger partial charge in [0, 0.05) is 5.75 Å². The maximum atomic E-state index is 4.69. The van der Waals surface area contributed by atoms with E-state index in [0.29, 0.717) is 0 Å². The van der Waals surface area contributed by atoms with Crippen LogP contribution in [0.4, 0.5) is 0 Å². The molecule has 0 radical (unpaired) electrons. The van der Waals surface area contributed by atoms with Crippen LogP contribution >= 0.6 is 11.8 Å². The van der Waals surface area contributed by atoms with Gasteiger partial charge in [-0.2, -0.15) is 4.57 Å². The molecule has 0 bridgehead atoms. The Hall–Kier alpha value is -2.07. The van der Waals surface area contributed by atoms with E-state index in [1.165, 1.54) is 0 Å². The number of para-hydroxylation sites is 2. The van der Waals surface area contributed by atoms with Gasteiger partial charge in [-0.05, 0) is 36.0 Å². The Morgan fingerprint density at radius 1 is 1.00 bits per heavy atom. The molecule has 3 nitrogen and oxygen atoms in total. The molecule has 0 atom stereocenters. The molecule has 0 aliphatic rings. The van der Waals surface area contributed by atoms with Crippen LogP contribution in [0.5, 0.6) is 0 Å². The summed E-state index contributed by atoms with van der Waals surface area (Å²) >= 11 is 1.74. The standard InChI is InChI=1S/C16H16N3S/c1-2-20-16-17-19(15-11-7-4-8-12-15)13-18(16)14-9-5-3-6-10-14/h3-13H,2H2,1H3/q+1. The van der Waals surface area contributed by atoms with Crippen molar-refractivity contribution in [3.8, 4) is 11.4 Å². The third-order valence-corrected chi connectivity index (χ3v) is 3.78. The lowest BCUT2D eigenvalue weighted by molar-refractivity contribution is -0.636. The highest BCUT2D eigenvalue weighted by Gasteiger charge is 2.19. The number of benzene rings is 2. The molecule has 0 unspecified atom stereocenters. The van der Waals surface area contributed by atoms with Crippen molar-refractivity contribution >= 4 is 11.8 Å². The van der Waals surface area contributed by atoms with E-state index < -0.39 is 0 Å². The van der Waals surface area contributed by atoms with Crippen molar-refractivity contribution in [2.75, 3.05) is 5.75 Å². The normalized spacial score (nSPS) is 10.7. The smallest absolute Gasteiger partial charge is 0.191 e.